The Morgan fingerprint density at radius 1 is 1.37 bits per heavy atom. The maximum Gasteiger partial charge on any atom is 0.122 e. The minimum absolute atomic E-state index is 0.588. The molecule has 0 spiro atoms. The first-order chi connectivity index (χ1) is 9.20. The van der Waals surface area contributed by atoms with Gasteiger partial charge in [0.05, 0.1) is 17.8 Å². The fourth-order valence-corrected chi connectivity index (χ4v) is 2.82. The smallest absolute Gasteiger partial charge is 0.122 e. The second-order valence-electron chi connectivity index (χ2n) is 4.25. The lowest BCUT2D eigenvalue weighted by Crippen LogP contribution is -2.07. The van der Waals surface area contributed by atoms with E-state index in [1.54, 1.807) is 11.3 Å². The minimum atomic E-state index is 0.588. The predicted octanol–water partition coefficient (Wildman–Crippen LogP) is 3.23. The molecule has 0 aliphatic carbocycles. The van der Waals surface area contributed by atoms with Gasteiger partial charge in [-0.25, -0.2) is 4.98 Å². The SMILES string of the molecule is Cc1ncsc1CCOc1ccc(Cl)cc1CCN. The lowest BCUT2D eigenvalue weighted by Gasteiger charge is -2.11. The maximum atomic E-state index is 5.99. The molecule has 0 aliphatic heterocycles. The number of aromatic nitrogens is 1. The van der Waals surface area contributed by atoms with E-state index in [4.69, 9.17) is 22.1 Å². The van der Waals surface area contributed by atoms with E-state index in [1.807, 2.05) is 30.6 Å². The van der Waals surface area contributed by atoms with Crippen LogP contribution < -0.4 is 10.5 Å². The Labute approximate surface area is 122 Å². The van der Waals surface area contributed by atoms with Gasteiger partial charge in [0.1, 0.15) is 5.75 Å². The molecule has 2 rings (SSSR count). The Morgan fingerprint density at radius 2 is 2.21 bits per heavy atom. The van der Waals surface area contributed by atoms with E-state index in [0.29, 0.717) is 18.2 Å². The summed E-state index contributed by atoms with van der Waals surface area (Å²) in [7, 11) is 0. The molecule has 19 heavy (non-hydrogen) atoms. The van der Waals surface area contributed by atoms with Crippen LogP contribution in [0.25, 0.3) is 0 Å². The van der Waals surface area contributed by atoms with Crippen LogP contribution in [0.4, 0.5) is 0 Å². The van der Waals surface area contributed by atoms with Crippen LogP contribution in [0.1, 0.15) is 16.1 Å². The molecule has 3 nitrogen and oxygen atoms in total. The summed E-state index contributed by atoms with van der Waals surface area (Å²) in [5.74, 6) is 0.872. The largest absolute Gasteiger partial charge is 0.493 e. The van der Waals surface area contributed by atoms with Crippen LogP contribution in [0, 0.1) is 6.92 Å². The van der Waals surface area contributed by atoms with E-state index in [-0.39, 0.29) is 0 Å². The quantitative estimate of drug-likeness (QED) is 0.890. The van der Waals surface area contributed by atoms with Crippen LogP contribution in [0.15, 0.2) is 23.7 Å². The van der Waals surface area contributed by atoms with Crippen LogP contribution in [-0.2, 0) is 12.8 Å². The number of benzene rings is 1. The molecular weight excluding hydrogens is 280 g/mol. The van der Waals surface area contributed by atoms with E-state index in [9.17, 15) is 0 Å². The van der Waals surface area contributed by atoms with Crippen LogP contribution in [0.3, 0.4) is 0 Å². The van der Waals surface area contributed by atoms with E-state index >= 15 is 0 Å². The van der Waals surface area contributed by atoms with E-state index in [1.165, 1.54) is 4.88 Å². The molecule has 0 saturated heterocycles. The molecule has 1 heterocycles. The highest BCUT2D eigenvalue weighted by molar-refractivity contribution is 7.09. The zero-order valence-corrected chi connectivity index (χ0v) is 12.4. The number of thiazole rings is 1. The maximum absolute atomic E-state index is 5.99. The van der Waals surface area contributed by atoms with Crippen LogP contribution in [0.5, 0.6) is 5.75 Å². The van der Waals surface area contributed by atoms with Crippen molar-refractivity contribution >= 4 is 22.9 Å². The van der Waals surface area contributed by atoms with Gasteiger partial charge in [0.15, 0.2) is 0 Å². The molecule has 0 radical (unpaired) electrons. The summed E-state index contributed by atoms with van der Waals surface area (Å²) in [6.45, 7) is 3.25. The highest BCUT2D eigenvalue weighted by Gasteiger charge is 2.06. The molecule has 0 aliphatic rings. The first-order valence-electron chi connectivity index (χ1n) is 6.21. The second-order valence-corrected chi connectivity index (χ2v) is 5.63. The molecule has 5 heteroatoms. The lowest BCUT2D eigenvalue weighted by molar-refractivity contribution is 0.319. The number of aryl methyl sites for hydroxylation is 1. The Bertz CT molecular complexity index is 542. The van der Waals surface area contributed by atoms with Crippen LogP contribution in [0.2, 0.25) is 5.02 Å². The molecule has 0 bridgehead atoms. The summed E-state index contributed by atoms with van der Waals surface area (Å²) in [4.78, 5) is 5.50. The summed E-state index contributed by atoms with van der Waals surface area (Å²) in [5.41, 5.74) is 9.62. The van der Waals surface area contributed by atoms with Gasteiger partial charge in [0, 0.05) is 16.3 Å². The number of nitrogens with two attached hydrogens (primary N) is 1. The Kier molecular flexibility index (Phi) is 5.19. The standard InChI is InChI=1S/C14H17ClN2OS/c1-10-14(19-9-17-10)5-7-18-13-3-2-12(15)8-11(13)4-6-16/h2-3,8-9H,4-7,16H2,1H3. The van der Waals surface area contributed by atoms with Gasteiger partial charge in [0.2, 0.25) is 0 Å². The molecule has 2 aromatic rings. The van der Waals surface area contributed by atoms with E-state index in [2.05, 4.69) is 4.98 Å². The number of hydrogen-bond donors (Lipinski definition) is 1. The van der Waals surface area contributed by atoms with Gasteiger partial charge in [-0.15, -0.1) is 11.3 Å². The summed E-state index contributed by atoms with van der Waals surface area (Å²) < 4.78 is 5.84. The van der Waals surface area contributed by atoms with Crippen molar-refractivity contribution < 1.29 is 4.74 Å². The molecule has 0 fully saturated rings. The zero-order chi connectivity index (χ0) is 13.7. The molecule has 0 amide bonds. The Morgan fingerprint density at radius 3 is 2.89 bits per heavy atom. The van der Waals surface area contributed by atoms with Crippen molar-refractivity contribution in [3.8, 4) is 5.75 Å². The zero-order valence-electron chi connectivity index (χ0n) is 10.9. The van der Waals surface area contributed by atoms with Gasteiger partial charge in [-0.1, -0.05) is 11.6 Å². The van der Waals surface area contributed by atoms with Gasteiger partial charge in [-0.2, -0.15) is 0 Å². The molecule has 0 unspecified atom stereocenters. The van der Waals surface area contributed by atoms with Gasteiger partial charge < -0.3 is 10.5 Å². The highest BCUT2D eigenvalue weighted by atomic mass is 35.5. The third-order valence-corrected chi connectivity index (χ3v) is 4.10. The number of halogens is 1. The van der Waals surface area contributed by atoms with Crippen LogP contribution in [-0.4, -0.2) is 18.1 Å². The molecule has 0 saturated carbocycles. The van der Waals surface area contributed by atoms with Crippen molar-refractivity contribution in [3.63, 3.8) is 0 Å². The highest BCUT2D eigenvalue weighted by Crippen LogP contribution is 2.23. The number of rotatable bonds is 6. The lowest BCUT2D eigenvalue weighted by atomic mass is 10.1. The van der Waals surface area contributed by atoms with Crippen molar-refractivity contribution in [2.24, 2.45) is 5.73 Å². The summed E-state index contributed by atoms with van der Waals surface area (Å²) >= 11 is 7.66. The van der Waals surface area contributed by atoms with Crippen molar-refractivity contribution in [1.29, 1.82) is 0 Å². The number of nitrogens with zero attached hydrogens (tertiary/aromatic N) is 1. The molecule has 1 aromatic carbocycles. The second kappa shape index (κ2) is 6.89. The fourth-order valence-electron chi connectivity index (χ4n) is 1.86. The average molecular weight is 297 g/mol. The summed E-state index contributed by atoms with van der Waals surface area (Å²) in [5, 5.41) is 0.717. The topological polar surface area (TPSA) is 48.1 Å². The molecule has 1 aromatic heterocycles. The number of ether oxygens (including phenoxy) is 1. The van der Waals surface area contributed by atoms with Gasteiger partial charge >= 0.3 is 0 Å². The van der Waals surface area contributed by atoms with Crippen molar-refractivity contribution in [2.45, 2.75) is 19.8 Å². The molecule has 102 valence electrons. The average Bonchev–Trinajstić information content (AvgIpc) is 2.78. The summed E-state index contributed by atoms with van der Waals surface area (Å²) in [6, 6.07) is 5.67. The van der Waals surface area contributed by atoms with Crippen molar-refractivity contribution in [1.82, 2.24) is 4.98 Å². The number of hydrogen-bond acceptors (Lipinski definition) is 4. The molecule has 2 N–H and O–H groups in total. The Balaban J connectivity index is 1.97. The first kappa shape index (κ1) is 14.3. The third-order valence-electron chi connectivity index (χ3n) is 2.87. The Hall–Kier alpha value is -1.10. The van der Waals surface area contributed by atoms with Gasteiger partial charge in [-0.3, -0.25) is 0 Å². The van der Waals surface area contributed by atoms with E-state index < -0.39 is 0 Å². The first-order valence-corrected chi connectivity index (χ1v) is 7.46. The molecule has 0 atom stereocenters. The molecular formula is C14H17ClN2OS. The third kappa shape index (κ3) is 3.93. The van der Waals surface area contributed by atoms with Crippen LogP contribution >= 0.6 is 22.9 Å². The summed E-state index contributed by atoms with van der Waals surface area (Å²) in [6.07, 6.45) is 1.65. The normalized spacial score (nSPS) is 10.7. The predicted molar refractivity (Wildman–Crippen MR) is 80.3 cm³/mol. The van der Waals surface area contributed by atoms with Gasteiger partial charge in [0.25, 0.3) is 0 Å². The monoisotopic (exact) mass is 296 g/mol. The van der Waals surface area contributed by atoms with Gasteiger partial charge in [-0.05, 0) is 43.7 Å². The van der Waals surface area contributed by atoms with Crippen molar-refractivity contribution in [3.05, 3.63) is 44.9 Å². The fraction of sp³-hybridized carbons (Fsp3) is 0.357. The minimum Gasteiger partial charge on any atom is -0.493 e. The van der Waals surface area contributed by atoms with E-state index in [0.717, 1.165) is 29.8 Å². The van der Waals surface area contributed by atoms with Crippen molar-refractivity contribution in [2.75, 3.05) is 13.2 Å².